The second kappa shape index (κ2) is 5.80. The van der Waals surface area contributed by atoms with Crippen molar-refractivity contribution in [2.24, 2.45) is 11.7 Å². The molecule has 0 saturated carbocycles. The molecule has 2 rings (SSSR count). The number of benzene rings is 1. The Morgan fingerprint density at radius 1 is 1.41 bits per heavy atom. The summed E-state index contributed by atoms with van der Waals surface area (Å²) in [5.41, 5.74) is 6.61. The van der Waals surface area contributed by atoms with E-state index in [1.54, 1.807) is 11.3 Å². The van der Waals surface area contributed by atoms with Crippen molar-refractivity contribution in [3.63, 3.8) is 0 Å². The van der Waals surface area contributed by atoms with Gasteiger partial charge in [-0.3, -0.25) is 0 Å². The van der Waals surface area contributed by atoms with Gasteiger partial charge in [-0.1, -0.05) is 18.5 Å². The van der Waals surface area contributed by atoms with E-state index in [-0.39, 0.29) is 0 Å². The van der Waals surface area contributed by atoms with E-state index in [1.807, 2.05) is 18.2 Å². The molecule has 17 heavy (non-hydrogen) atoms. The van der Waals surface area contributed by atoms with E-state index in [0.717, 1.165) is 36.3 Å². The van der Waals surface area contributed by atoms with E-state index in [4.69, 9.17) is 17.3 Å². The van der Waals surface area contributed by atoms with Crippen molar-refractivity contribution in [2.45, 2.75) is 26.2 Å². The van der Waals surface area contributed by atoms with Crippen LogP contribution < -0.4 is 5.73 Å². The minimum Gasteiger partial charge on any atom is -0.330 e. The van der Waals surface area contributed by atoms with E-state index in [9.17, 15) is 0 Å². The highest BCUT2D eigenvalue weighted by Crippen LogP contribution is 2.26. The SMILES string of the molecule is CC(CCN)CCc1nc2ccc(Cl)cc2s1. The normalized spacial score (nSPS) is 13.1. The molecule has 0 saturated heterocycles. The maximum absolute atomic E-state index is 5.96. The summed E-state index contributed by atoms with van der Waals surface area (Å²) in [6.07, 6.45) is 3.29. The Kier molecular flexibility index (Phi) is 4.37. The van der Waals surface area contributed by atoms with Gasteiger partial charge >= 0.3 is 0 Å². The van der Waals surface area contributed by atoms with E-state index in [0.29, 0.717) is 5.92 Å². The van der Waals surface area contributed by atoms with Crippen molar-refractivity contribution >= 4 is 33.2 Å². The van der Waals surface area contributed by atoms with Crippen LogP contribution >= 0.6 is 22.9 Å². The van der Waals surface area contributed by atoms with Gasteiger partial charge in [0.15, 0.2) is 0 Å². The van der Waals surface area contributed by atoms with Gasteiger partial charge in [0, 0.05) is 5.02 Å². The number of hydrogen-bond acceptors (Lipinski definition) is 3. The molecule has 0 aliphatic heterocycles. The summed E-state index contributed by atoms with van der Waals surface area (Å²) >= 11 is 7.71. The molecule has 2 aromatic rings. The first-order valence-corrected chi connectivity index (χ1v) is 7.13. The molecule has 2 N–H and O–H groups in total. The summed E-state index contributed by atoms with van der Waals surface area (Å²) in [5.74, 6) is 0.676. The third-order valence-electron chi connectivity index (χ3n) is 2.91. The summed E-state index contributed by atoms with van der Waals surface area (Å²) in [4.78, 5) is 4.61. The molecule has 0 aliphatic rings. The molecule has 1 aromatic carbocycles. The van der Waals surface area contributed by atoms with Crippen molar-refractivity contribution in [3.05, 3.63) is 28.2 Å². The van der Waals surface area contributed by atoms with Crippen LogP contribution in [0.5, 0.6) is 0 Å². The molecule has 92 valence electrons. The van der Waals surface area contributed by atoms with Crippen molar-refractivity contribution in [3.8, 4) is 0 Å². The van der Waals surface area contributed by atoms with Crippen molar-refractivity contribution in [2.75, 3.05) is 6.54 Å². The Hall–Kier alpha value is -0.640. The van der Waals surface area contributed by atoms with Crippen LogP contribution in [-0.2, 0) is 6.42 Å². The number of nitrogens with two attached hydrogens (primary N) is 1. The van der Waals surface area contributed by atoms with Crippen molar-refractivity contribution in [1.29, 1.82) is 0 Å². The first-order valence-electron chi connectivity index (χ1n) is 5.94. The molecule has 1 heterocycles. The van der Waals surface area contributed by atoms with Gasteiger partial charge in [-0.05, 0) is 49.9 Å². The van der Waals surface area contributed by atoms with Crippen molar-refractivity contribution in [1.82, 2.24) is 4.98 Å². The molecule has 1 atom stereocenters. The molecule has 0 spiro atoms. The molecule has 4 heteroatoms. The van der Waals surface area contributed by atoms with Gasteiger partial charge in [0.25, 0.3) is 0 Å². The maximum atomic E-state index is 5.96. The van der Waals surface area contributed by atoms with Crippen molar-refractivity contribution < 1.29 is 0 Å². The monoisotopic (exact) mass is 268 g/mol. The fourth-order valence-electron chi connectivity index (χ4n) is 1.85. The molecule has 1 unspecified atom stereocenters. The smallest absolute Gasteiger partial charge is 0.0938 e. The zero-order valence-electron chi connectivity index (χ0n) is 9.95. The lowest BCUT2D eigenvalue weighted by Crippen LogP contribution is -2.06. The molecule has 2 nitrogen and oxygen atoms in total. The zero-order chi connectivity index (χ0) is 12.3. The largest absolute Gasteiger partial charge is 0.330 e. The lowest BCUT2D eigenvalue weighted by molar-refractivity contribution is 0.499. The average Bonchev–Trinajstić information content (AvgIpc) is 2.68. The highest BCUT2D eigenvalue weighted by molar-refractivity contribution is 7.18. The van der Waals surface area contributed by atoms with Crippen LogP contribution in [0.4, 0.5) is 0 Å². The fraction of sp³-hybridized carbons (Fsp3) is 0.462. The van der Waals surface area contributed by atoms with Gasteiger partial charge in [-0.15, -0.1) is 11.3 Å². The maximum Gasteiger partial charge on any atom is 0.0938 e. The third-order valence-corrected chi connectivity index (χ3v) is 4.22. The number of aromatic nitrogens is 1. The second-order valence-corrected chi connectivity index (χ2v) is 5.99. The summed E-state index contributed by atoms with van der Waals surface area (Å²) in [7, 11) is 0. The topological polar surface area (TPSA) is 38.9 Å². The standard InChI is InChI=1S/C13H17ClN2S/c1-9(6-7-15)2-5-13-16-11-4-3-10(14)8-12(11)17-13/h3-4,8-9H,2,5-7,15H2,1H3. The van der Waals surface area contributed by atoms with Crippen LogP contribution in [0.2, 0.25) is 5.02 Å². The van der Waals surface area contributed by atoms with Crippen LogP contribution in [0.1, 0.15) is 24.8 Å². The Bertz CT molecular complexity index is 495. The molecule has 0 radical (unpaired) electrons. The predicted octanol–water partition coefficient (Wildman–Crippen LogP) is 3.87. The first kappa shape index (κ1) is 12.8. The molecule has 0 bridgehead atoms. The van der Waals surface area contributed by atoms with Crippen LogP contribution in [-0.4, -0.2) is 11.5 Å². The van der Waals surface area contributed by atoms with Gasteiger partial charge in [0.05, 0.1) is 15.2 Å². The third kappa shape index (κ3) is 3.41. The first-order chi connectivity index (χ1) is 8.19. The fourth-order valence-corrected chi connectivity index (χ4v) is 3.11. The van der Waals surface area contributed by atoms with Gasteiger partial charge in [0.1, 0.15) is 0 Å². The highest BCUT2D eigenvalue weighted by atomic mass is 35.5. The summed E-state index contributed by atoms with van der Waals surface area (Å²) in [6, 6.07) is 5.87. The van der Waals surface area contributed by atoms with E-state index >= 15 is 0 Å². The molecule has 0 amide bonds. The summed E-state index contributed by atoms with van der Waals surface area (Å²) < 4.78 is 1.18. The Balaban J connectivity index is 2.04. The quantitative estimate of drug-likeness (QED) is 0.894. The van der Waals surface area contributed by atoms with Gasteiger partial charge < -0.3 is 5.73 Å². The number of thiazole rings is 1. The number of hydrogen-bond donors (Lipinski definition) is 1. The minimum absolute atomic E-state index is 0.676. The van der Waals surface area contributed by atoms with Gasteiger partial charge in [-0.2, -0.15) is 0 Å². The number of nitrogens with zero attached hydrogens (tertiary/aromatic N) is 1. The number of fused-ring (bicyclic) bond motifs is 1. The number of rotatable bonds is 5. The number of halogens is 1. The molecule has 0 fully saturated rings. The summed E-state index contributed by atoms with van der Waals surface area (Å²) in [6.45, 7) is 3.02. The molecular weight excluding hydrogens is 252 g/mol. The van der Waals surface area contributed by atoms with Gasteiger partial charge in [-0.25, -0.2) is 4.98 Å². The Morgan fingerprint density at radius 3 is 3.00 bits per heavy atom. The van der Waals surface area contributed by atoms with Gasteiger partial charge in [0.2, 0.25) is 0 Å². The highest BCUT2D eigenvalue weighted by Gasteiger charge is 2.07. The second-order valence-electron chi connectivity index (χ2n) is 4.44. The predicted molar refractivity (Wildman–Crippen MR) is 75.8 cm³/mol. The Labute approximate surface area is 111 Å². The van der Waals surface area contributed by atoms with E-state index in [2.05, 4.69) is 11.9 Å². The molecule has 1 aromatic heterocycles. The van der Waals surface area contributed by atoms with E-state index < -0.39 is 0 Å². The lowest BCUT2D eigenvalue weighted by Gasteiger charge is -2.07. The van der Waals surface area contributed by atoms with Crippen LogP contribution in [0.15, 0.2) is 18.2 Å². The molecule has 0 aliphatic carbocycles. The average molecular weight is 269 g/mol. The Morgan fingerprint density at radius 2 is 2.24 bits per heavy atom. The van der Waals surface area contributed by atoms with Crippen LogP contribution in [0.3, 0.4) is 0 Å². The van der Waals surface area contributed by atoms with Crippen LogP contribution in [0.25, 0.3) is 10.2 Å². The summed E-state index contributed by atoms with van der Waals surface area (Å²) in [5, 5.41) is 1.98. The lowest BCUT2D eigenvalue weighted by atomic mass is 10.0. The van der Waals surface area contributed by atoms with Crippen LogP contribution in [0, 0.1) is 5.92 Å². The minimum atomic E-state index is 0.676. The zero-order valence-corrected chi connectivity index (χ0v) is 11.5. The molecular formula is C13H17ClN2S. The van der Waals surface area contributed by atoms with E-state index in [1.165, 1.54) is 9.71 Å². The number of aryl methyl sites for hydroxylation is 1.